The van der Waals surface area contributed by atoms with Crippen molar-refractivity contribution >= 4 is 11.5 Å². The van der Waals surface area contributed by atoms with Gasteiger partial charge in [-0.25, -0.2) is 0 Å². The van der Waals surface area contributed by atoms with Gasteiger partial charge in [0.15, 0.2) is 0 Å². The van der Waals surface area contributed by atoms with E-state index in [0.29, 0.717) is 0 Å². The van der Waals surface area contributed by atoms with Gasteiger partial charge in [0.1, 0.15) is 5.82 Å². The smallest absolute Gasteiger partial charge is 0.148 e. The largest absolute Gasteiger partial charge is 0.399 e. The second-order valence-electron chi connectivity index (χ2n) is 4.52. The topological polar surface area (TPSA) is 55.9 Å². The molecule has 0 unspecified atom stereocenters. The number of nitrogens with two attached hydrogens (primary N) is 1. The first-order chi connectivity index (χ1) is 8.66. The maximum absolute atomic E-state index is 5.90. The first-order valence-corrected chi connectivity index (χ1v) is 6.24. The number of anilines is 2. The third kappa shape index (κ3) is 3.03. The molecule has 3 N–H and O–H groups in total. The Morgan fingerprint density at radius 3 is 2.78 bits per heavy atom. The van der Waals surface area contributed by atoms with Crippen LogP contribution in [-0.4, -0.2) is 16.3 Å². The minimum Gasteiger partial charge on any atom is -0.399 e. The molecule has 1 aromatic carbocycles. The molecule has 1 heterocycles. The molecular formula is C14H20N4. The minimum absolute atomic E-state index is 0.881. The van der Waals surface area contributed by atoms with Crippen LogP contribution in [-0.2, 0) is 13.5 Å². The average Bonchev–Trinajstić information content (AvgIpc) is 2.66. The Morgan fingerprint density at radius 2 is 2.11 bits per heavy atom. The second kappa shape index (κ2) is 5.58. The predicted molar refractivity (Wildman–Crippen MR) is 75.6 cm³/mol. The van der Waals surface area contributed by atoms with Crippen LogP contribution in [0.25, 0.3) is 0 Å². The molecule has 0 fully saturated rings. The summed E-state index contributed by atoms with van der Waals surface area (Å²) in [6, 6.07) is 10.1. The van der Waals surface area contributed by atoms with Crippen molar-refractivity contribution in [2.45, 2.75) is 19.8 Å². The molecule has 0 amide bonds. The van der Waals surface area contributed by atoms with Crippen LogP contribution in [0.5, 0.6) is 0 Å². The van der Waals surface area contributed by atoms with Crippen molar-refractivity contribution in [1.82, 2.24) is 9.78 Å². The first-order valence-electron chi connectivity index (χ1n) is 6.24. The lowest BCUT2D eigenvalue weighted by Crippen LogP contribution is -2.05. The van der Waals surface area contributed by atoms with Gasteiger partial charge in [0.25, 0.3) is 0 Å². The van der Waals surface area contributed by atoms with E-state index in [2.05, 4.69) is 22.5 Å². The van der Waals surface area contributed by atoms with E-state index in [1.807, 2.05) is 36.9 Å². The second-order valence-corrected chi connectivity index (χ2v) is 4.52. The summed E-state index contributed by atoms with van der Waals surface area (Å²) in [5, 5.41) is 7.68. The molecule has 0 atom stereocenters. The van der Waals surface area contributed by atoms with Crippen LogP contribution in [0.2, 0.25) is 0 Å². The van der Waals surface area contributed by atoms with E-state index < -0.39 is 0 Å². The highest BCUT2D eigenvalue weighted by atomic mass is 15.3. The zero-order chi connectivity index (χ0) is 13.0. The molecule has 2 rings (SSSR count). The van der Waals surface area contributed by atoms with Crippen molar-refractivity contribution in [2.75, 3.05) is 17.6 Å². The van der Waals surface area contributed by atoms with Gasteiger partial charge in [-0.1, -0.05) is 18.2 Å². The van der Waals surface area contributed by atoms with Crippen molar-refractivity contribution in [3.8, 4) is 0 Å². The number of hydrogen-bond acceptors (Lipinski definition) is 3. The van der Waals surface area contributed by atoms with Crippen LogP contribution >= 0.6 is 0 Å². The van der Waals surface area contributed by atoms with E-state index in [1.54, 1.807) is 0 Å². The molecule has 0 aliphatic heterocycles. The van der Waals surface area contributed by atoms with Gasteiger partial charge < -0.3 is 11.1 Å². The summed E-state index contributed by atoms with van der Waals surface area (Å²) in [6.07, 6.45) is 2.04. The third-order valence-electron chi connectivity index (χ3n) is 3.10. The predicted octanol–water partition coefficient (Wildman–Crippen LogP) is 2.36. The van der Waals surface area contributed by atoms with Crippen LogP contribution < -0.4 is 11.1 Å². The Hall–Kier alpha value is -1.97. The van der Waals surface area contributed by atoms with E-state index in [1.165, 1.54) is 5.56 Å². The Balaban J connectivity index is 1.78. The lowest BCUT2D eigenvalue weighted by atomic mass is 10.1. The van der Waals surface area contributed by atoms with Gasteiger partial charge in [-0.15, -0.1) is 0 Å². The standard InChI is InChI=1S/C14H20N4/c1-11-10-14(17-18(11)2)16-9-5-7-12-6-3-4-8-13(12)15/h3-4,6,8,10H,5,7,9,15H2,1-2H3,(H,16,17). The van der Waals surface area contributed by atoms with Crippen molar-refractivity contribution in [1.29, 1.82) is 0 Å². The number of nitrogens with one attached hydrogen (secondary N) is 1. The zero-order valence-corrected chi connectivity index (χ0v) is 11.0. The Kier molecular flexibility index (Phi) is 3.87. The highest BCUT2D eigenvalue weighted by Crippen LogP contribution is 2.13. The maximum atomic E-state index is 5.90. The Bertz CT molecular complexity index is 497. The number of nitrogen functional groups attached to an aromatic ring is 1. The summed E-state index contributed by atoms with van der Waals surface area (Å²) < 4.78 is 1.87. The number of para-hydroxylation sites is 1. The molecule has 0 aliphatic carbocycles. The number of nitrogens with zero attached hydrogens (tertiary/aromatic N) is 2. The van der Waals surface area contributed by atoms with Crippen LogP contribution in [0.4, 0.5) is 11.5 Å². The Morgan fingerprint density at radius 1 is 1.33 bits per heavy atom. The molecule has 2 aromatic rings. The summed E-state index contributed by atoms with van der Waals surface area (Å²) in [4.78, 5) is 0. The summed E-state index contributed by atoms with van der Waals surface area (Å²) in [7, 11) is 1.95. The number of hydrogen-bond donors (Lipinski definition) is 2. The van der Waals surface area contributed by atoms with Gasteiger partial charge in [-0.05, 0) is 31.4 Å². The van der Waals surface area contributed by atoms with E-state index in [-0.39, 0.29) is 0 Å². The molecule has 0 aliphatic rings. The van der Waals surface area contributed by atoms with Crippen LogP contribution in [0, 0.1) is 6.92 Å². The zero-order valence-electron chi connectivity index (χ0n) is 11.0. The van der Waals surface area contributed by atoms with E-state index in [4.69, 9.17) is 5.73 Å². The monoisotopic (exact) mass is 244 g/mol. The molecule has 1 aromatic heterocycles. The van der Waals surface area contributed by atoms with Gasteiger partial charge in [0.2, 0.25) is 0 Å². The quantitative estimate of drug-likeness (QED) is 0.627. The number of benzene rings is 1. The molecule has 4 nitrogen and oxygen atoms in total. The van der Waals surface area contributed by atoms with Crippen LogP contribution in [0.1, 0.15) is 17.7 Å². The molecule has 0 radical (unpaired) electrons. The highest BCUT2D eigenvalue weighted by molar-refractivity contribution is 5.46. The van der Waals surface area contributed by atoms with Crippen molar-refractivity contribution < 1.29 is 0 Å². The fourth-order valence-electron chi connectivity index (χ4n) is 1.90. The summed E-state index contributed by atoms with van der Waals surface area (Å²) in [5.41, 5.74) is 9.16. The number of aryl methyl sites for hydroxylation is 3. The fraction of sp³-hybridized carbons (Fsp3) is 0.357. The molecule has 0 bridgehead atoms. The number of aromatic nitrogens is 2. The summed E-state index contributed by atoms with van der Waals surface area (Å²) in [5.74, 6) is 0.941. The molecule has 18 heavy (non-hydrogen) atoms. The van der Waals surface area contributed by atoms with Crippen LogP contribution in [0.15, 0.2) is 30.3 Å². The van der Waals surface area contributed by atoms with Gasteiger partial charge in [-0.2, -0.15) is 5.10 Å². The molecule has 0 saturated heterocycles. The van der Waals surface area contributed by atoms with Crippen molar-refractivity contribution in [2.24, 2.45) is 7.05 Å². The SMILES string of the molecule is Cc1cc(NCCCc2ccccc2N)nn1C. The lowest BCUT2D eigenvalue weighted by molar-refractivity contribution is 0.739. The summed E-state index contributed by atoms with van der Waals surface area (Å²) in [6.45, 7) is 2.95. The van der Waals surface area contributed by atoms with Crippen molar-refractivity contribution in [3.05, 3.63) is 41.6 Å². The molecular weight excluding hydrogens is 224 g/mol. The molecule has 4 heteroatoms. The van der Waals surface area contributed by atoms with Gasteiger partial charge in [0, 0.05) is 31.0 Å². The average molecular weight is 244 g/mol. The van der Waals surface area contributed by atoms with E-state index >= 15 is 0 Å². The highest BCUT2D eigenvalue weighted by Gasteiger charge is 2.01. The van der Waals surface area contributed by atoms with Gasteiger partial charge >= 0.3 is 0 Å². The summed E-state index contributed by atoms with van der Waals surface area (Å²) >= 11 is 0. The first kappa shape index (κ1) is 12.5. The minimum atomic E-state index is 0.881. The third-order valence-corrected chi connectivity index (χ3v) is 3.10. The molecule has 0 spiro atoms. The van der Waals surface area contributed by atoms with Crippen molar-refractivity contribution in [3.63, 3.8) is 0 Å². The fourth-order valence-corrected chi connectivity index (χ4v) is 1.90. The number of rotatable bonds is 5. The Labute approximate surface area is 108 Å². The lowest BCUT2D eigenvalue weighted by Gasteiger charge is -2.05. The van der Waals surface area contributed by atoms with Gasteiger partial charge in [0.05, 0.1) is 0 Å². The van der Waals surface area contributed by atoms with Gasteiger partial charge in [-0.3, -0.25) is 4.68 Å². The van der Waals surface area contributed by atoms with E-state index in [9.17, 15) is 0 Å². The maximum Gasteiger partial charge on any atom is 0.148 e. The molecule has 96 valence electrons. The van der Waals surface area contributed by atoms with E-state index in [0.717, 1.165) is 36.6 Å². The normalized spacial score (nSPS) is 10.6. The van der Waals surface area contributed by atoms with Crippen LogP contribution in [0.3, 0.4) is 0 Å². The molecule has 0 saturated carbocycles.